The van der Waals surface area contributed by atoms with Crippen LogP contribution in [-0.4, -0.2) is 9.13 Å². The number of benzene rings is 10. The van der Waals surface area contributed by atoms with Crippen molar-refractivity contribution in [2.75, 3.05) is 0 Å². The first kappa shape index (κ1) is 32.5. The molecule has 0 spiro atoms. The highest BCUT2D eigenvalue weighted by atomic mass is 16.1. The van der Waals surface area contributed by atoms with E-state index < -0.39 is 0 Å². The monoisotopic (exact) mass is 738 g/mol. The fourth-order valence-electron chi connectivity index (χ4n) is 9.42. The van der Waals surface area contributed by atoms with Gasteiger partial charge in [-0.3, -0.25) is 9.36 Å². The maximum atomic E-state index is 13.9. The average molecular weight is 739 g/mol. The Labute approximate surface area is 333 Å². The van der Waals surface area contributed by atoms with Crippen LogP contribution in [0.2, 0.25) is 0 Å². The van der Waals surface area contributed by atoms with Crippen LogP contribution in [0.1, 0.15) is 0 Å². The SMILES string of the molecule is O=c1c2ccccc2c2cc(-c3ccc4c5ccc(-c6ccc7c(c6)c6ccccc6n7-c6ccccc6)cc5c5ccccc5c4c3)ccc2n1-c1ccccc1. The summed E-state index contributed by atoms with van der Waals surface area (Å²) in [7, 11) is 0. The maximum Gasteiger partial charge on any atom is 0.263 e. The van der Waals surface area contributed by atoms with E-state index in [0.717, 1.165) is 38.8 Å². The van der Waals surface area contributed by atoms with Gasteiger partial charge >= 0.3 is 0 Å². The van der Waals surface area contributed by atoms with E-state index in [4.69, 9.17) is 0 Å². The molecule has 0 radical (unpaired) electrons. The van der Waals surface area contributed by atoms with Crippen LogP contribution in [-0.2, 0) is 0 Å². The van der Waals surface area contributed by atoms with E-state index in [-0.39, 0.29) is 5.56 Å². The van der Waals surface area contributed by atoms with E-state index in [2.05, 4.69) is 162 Å². The second kappa shape index (κ2) is 12.6. The van der Waals surface area contributed by atoms with Crippen molar-refractivity contribution in [1.29, 1.82) is 0 Å². The summed E-state index contributed by atoms with van der Waals surface area (Å²) in [6, 6.07) is 73.3. The molecule has 0 saturated carbocycles. The number of fused-ring (bicyclic) bond motifs is 12. The topological polar surface area (TPSA) is 26.9 Å². The van der Waals surface area contributed by atoms with Crippen molar-refractivity contribution in [2.24, 2.45) is 0 Å². The molecule has 0 unspecified atom stereocenters. The van der Waals surface area contributed by atoms with Crippen molar-refractivity contribution < 1.29 is 0 Å². The van der Waals surface area contributed by atoms with Crippen LogP contribution in [0.4, 0.5) is 0 Å². The van der Waals surface area contributed by atoms with Gasteiger partial charge in [0.05, 0.1) is 16.6 Å². The van der Waals surface area contributed by atoms with Crippen molar-refractivity contribution in [3.63, 3.8) is 0 Å². The zero-order chi connectivity index (χ0) is 38.3. The number of hydrogen-bond acceptors (Lipinski definition) is 1. The third kappa shape index (κ3) is 4.84. The molecule has 0 bridgehead atoms. The number of hydrogen-bond donors (Lipinski definition) is 0. The smallest absolute Gasteiger partial charge is 0.263 e. The molecular formula is C55H34N2O. The normalized spacial score (nSPS) is 11.9. The summed E-state index contributed by atoms with van der Waals surface area (Å²) in [5.74, 6) is 0. The number of pyridine rings is 1. The van der Waals surface area contributed by atoms with Crippen molar-refractivity contribution >= 4 is 75.8 Å². The van der Waals surface area contributed by atoms with Gasteiger partial charge in [0.15, 0.2) is 0 Å². The van der Waals surface area contributed by atoms with Crippen molar-refractivity contribution in [3.05, 3.63) is 217 Å². The van der Waals surface area contributed by atoms with Gasteiger partial charge in [0.25, 0.3) is 5.56 Å². The predicted molar refractivity (Wildman–Crippen MR) is 245 cm³/mol. The zero-order valence-corrected chi connectivity index (χ0v) is 31.4. The molecule has 12 rings (SSSR count). The third-order valence-corrected chi connectivity index (χ3v) is 12.1. The summed E-state index contributed by atoms with van der Waals surface area (Å²) in [6.45, 7) is 0. The summed E-state index contributed by atoms with van der Waals surface area (Å²) in [5.41, 5.74) is 9.97. The zero-order valence-electron chi connectivity index (χ0n) is 31.4. The van der Waals surface area contributed by atoms with Gasteiger partial charge in [0.1, 0.15) is 0 Å². The molecule has 0 saturated heterocycles. The summed E-state index contributed by atoms with van der Waals surface area (Å²) >= 11 is 0. The Morgan fingerprint density at radius 3 is 1.14 bits per heavy atom. The average Bonchev–Trinajstić information content (AvgIpc) is 3.63. The van der Waals surface area contributed by atoms with Crippen LogP contribution in [0.25, 0.3) is 109 Å². The minimum atomic E-state index is -0.00882. The summed E-state index contributed by atoms with van der Waals surface area (Å²) in [5, 5.41) is 12.6. The Morgan fingerprint density at radius 2 is 0.586 bits per heavy atom. The Hall–Kier alpha value is -7.75. The quantitative estimate of drug-likeness (QED) is 0.165. The molecule has 0 atom stereocenters. The maximum absolute atomic E-state index is 13.9. The molecule has 270 valence electrons. The van der Waals surface area contributed by atoms with E-state index in [0.29, 0.717) is 5.39 Å². The third-order valence-electron chi connectivity index (χ3n) is 12.1. The predicted octanol–water partition coefficient (Wildman–Crippen LogP) is 14.0. The van der Waals surface area contributed by atoms with E-state index in [1.165, 1.54) is 65.3 Å². The Balaban J connectivity index is 1.02. The van der Waals surface area contributed by atoms with Gasteiger partial charge < -0.3 is 4.57 Å². The van der Waals surface area contributed by atoms with Crippen LogP contribution < -0.4 is 5.56 Å². The number of rotatable bonds is 4. The minimum Gasteiger partial charge on any atom is -0.309 e. The number of aromatic nitrogens is 2. The lowest BCUT2D eigenvalue weighted by Gasteiger charge is -2.16. The molecule has 0 aliphatic heterocycles. The summed E-state index contributed by atoms with van der Waals surface area (Å²) < 4.78 is 4.21. The number of para-hydroxylation sites is 3. The Bertz CT molecular complexity index is 3670. The van der Waals surface area contributed by atoms with E-state index in [1.807, 2.05) is 53.1 Å². The lowest BCUT2D eigenvalue weighted by Crippen LogP contribution is -2.19. The van der Waals surface area contributed by atoms with Gasteiger partial charge in [0.2, 0.25) is 0 Å². The van der Waals surface area contributed by atoms with Gasteiger partial charge in [-0.1, -0.05) is 133 Å². The van der Waals surface area contributed by atoms with Crippen LogP contribution in [0.3, 0.4) is 0 Å². The lowest BCUT2D eigenvalue weighted by molar-refractivity contribution is 1.06. The van der Waals surface area contributed by atoms with Crippen molar-refractivity contribution in [2.45, 2.75) is 0 Å². The van der Waals surface area contributed by atoms with Crippen LogP contribution in [0.5, 0.6) is 0 Å². The summed E-state index contributed by atoms with van der Waals surface area (Å²) in [4.78, 5) is 13.9. The molecule has 3 nitrogen and oxygen atoms in total. The van der Waals surface area contributed by atoms with Crippen molar-refractivity contribution in [1.82, 2.24) is 9.13 Å². The van der Waals surface area contributed by atoms with E-state index in [9.17, 15) is 4.79 Å². The van der Waals surface area contributed by atoms with Gasteiger partial charge in [-0.05, 0) is 133 Å². The van der Waals surface area contributed by atoms with Gasteiger partial charge in [0, 0.05) is 32.9 Å². The highest BCUT2D eigenvalue weighted by molar-refractivity contribution is 6.26. The molecule has 0 N–H and O–H groups in total. The minimum absolute atomic E-state index is 0.00882. The fourth-order valence-corrected chi connectivity index (χ4v) is 9.42. The van der Waals surface area contributed by atoms with Gasteiger partial charge in [-0.2, -0.15) is 0 Å². The van der Waals surface area contributed by atoms with E-state index >= 15 is 0 Å². The van der Waals surface area contributed by atoms with Crippen LogP contribution in [0, 0.1) is 0 Å². The fraction of sp³-hybridized carbons (Fsp3) is 0. The summed E-state index contributed by atoms with van der Waals surface area (Å²) in [6.07, 6.45) is 0. The number of nitrogens with zero attached hydrogens (tertiary/aromatic N) is 2. The van der Waals surface area contributed by atoms with E-state index in [1.54, 1.807) is 0 Å². The molecule has 0 aliphatic rings. The highest BCUT2D eigenvalue weighted by Crippen LogP contribution is 2.41. The first-order valence-corrected chi connectivity index (χ1v) is 19.8. The molecule has 0 fully saturated rings. The Kier molecular flexibility index (Phi) is 7.08. The molecule has 0 aliphatic carbocycles. The molecule has 2 aromatic heterocycles. The van der Waals surface area contributed by atoms with Crippen LogP contribution >= 0.6 is 0 Å². The van der Waals surface area contributed by atoms with Gasteiger partial charge in [-0.15, -0.1) is 0 Å². The largest absolute Gasteiger partial charge is 0.309 e. The molecule has 2 heterocycles. The first-order valence-electron chi connectivity index (χ1n) is 19.8. The highest BCUT2D eigenvalue weighted by Gasteiger charge is 2.17. The molecule has 3 heteroatoms. The first-order chi connectivity index (χ1) is 28.7. The molecule has 10 aromatic carbocycles. The van der Waals surface area contributed by atoms with Gasteiger partial charge in [-0.25, -0.2) is 0 Å². The second-order valence-electron chi connectivity index (χ2n) is 15.2. The Morgan fingerprint density at radius 1 is 0.241 bits per heavy atom. The molecule has 58 heavy (non-hydrogen) atoms. The van der Waals surface area contributed by atoms with Crippen LogP contribution in [0.15, 0.2) is 211 Å². The van der Waals surface area contributed by atoms with Crippen molar-refractivity contribution in [3.8, 4) is 33.6 Å². The standard InChI is InChI=1S/C55H34N2O/c58-55-47-21-10-9-19-43(47)50-33-37(26-30-54(50)57(55)40-15-5-2-6-16-40)35-23-27-44-45-28-24-36(32-49(45)42-18-8-7-17-41(42)48(44)31-35)38-25-29-53-51(34-38)46-20-11-12-22-52(46)56(53)39-13-3-1-4-14-39/h1-34H. The molecule has 12 aromatic rings. The molecular weight excluding hydrogens is 705 g/mol. The second-order valence-corrected chi connectivity index (χ2v) is 15.2. The lowest BCUT2D eigenvalue weighted by atomic mass is 9.90. The molecule has 0 amide bonds.